The van der Waals surface area contributed by atoms with Crippen molar-refractivity contribution in [1.29, 1.82) is 0 Å². The molecule has 0 bridgehead atoms. The number of benzene rings is 1. The van der Waals surface area contributed by atoms with Crippen molar-refractivity contribution >= 4 is 0 Å². The first-order valence-electron chi connectivity index (χ1n) is 7.08. The Bertz CT molecular complexity index is 658. The summed E-state index contributed by atoms with van der Waals surface area (Å²) in [5, 5.41) is 0. The van der Waals surface area contributed by atoms with Crippen LogP contribution in [0.2, 0.25) is 0 Å². The van der Waals surface area contributed by atoms with Crippen molar-refractivity contribution in [2.24, 2.45) is 5.73 Å². The number of hydrogen-bond donors (Lipinski definition) is 1. The van der Waals surface area contributed by atoms with E-state index in [1.807, 2.05) is 0 Å². The maximum atomic E-state index is 12.4. The first-order valence-corrected chi connectivity index (χ1v) is 7.08. The molecule has 0 spiro atoms. The van der Waals surface area contributed by atoms with Crippen molar-refractivity contribution in [3.05, 3.63) is 59.4 Å². The minimum atomic E-state index is -4.47. The van der Waals surface area contributed by atoms with E-state index in [-0.39, 0.29) is 5.75 Å². The normalized spacial score (nSPS) is 13.1. The zero-order valence-corrected chi connectivity index (χ0v) is 12.4. The van der Waals surface area contributed by atoms with Crippen molar-refractivity contribution in [2.75, 3.05) is 0 Å². The van der Waals surface area contributed by atoms with Gasteiger partial charge >= 0.3 is 12.8 Å². The van der Waals surface area contributed by atoms with Gasteiger partial charge in [0.2, 0.25) is 0 Å². The number of alkyl halides is 5. The number of ether oxygens (including phenoxy) is 1. The van der Waals surface area contributed by atoms with Crippen LogP contribution in [0.15, 0.2) is 42.6 Å². The lowest BCUT2D eigenvalue weighted by atomic mass is 10.00. The molecule has 1 heterocycles. The number of halogens is 5. The number of nitrogens with zero attached hydrogens (tertiary/aromatic N) is 1. The fourth-order valence-corrected chi connectivity index (χ4v) is 2.15. The third-order valence-electron chi connectivity index (χ3n) is 3.37. The smallest absolute Gasteiger partial charge is 0.433 e. The Labute approximate surface area is 135 Å². The molecule has 0 saturated heterocycles. The topological polar surface area (TPSA) is 48.1 Å². The van der Waals surface area contributed by atoms with Gasteiger partial charge < -0.3 is 10.5 Å². The van der Waals surface area contributed by atoms with E-state index in [9.17, 15) is 22.0 Å². The fraction of sp³-hybridized carbons (Fsp3) is 0.312. The summed E-state index contributed by atoms with van der Waals surface area (Å²) in [4.78, 5) is 3.38. The van der Waals surface area contributed by atoms with Gasteiger partial charge in [0.25, 0.3) is 0 Å². The number of hydrogen-bond acceptors (Lipinski definition) is 3. The van der Waals surface area contributed by atoms with Crippen LogP contribution in [0.1, 0.15) is 29.3 Å². The van der Waals surface area contributed by atoms with Crippen LogP contribution in [0, 0.1) is 0 Å². The van der Waals surface area contributed by atoms with E-state index in [4.69, 9.17) is 5.73 Å². The number of aromatic nitrogens is 1. The molecule has 2 aromatic rings. The summed E-state index contributed by atoms with van der Waals surface area (Å²) in [6.07, 6.45) is -2.48. The highest BCUT2D eigenvalue weighted by Gasteiger charge is 2.31. The van der Waals surface area contributed by atoms with Crippen LogP contribution in [0.3, 0.4) is 0 Å². The molecule has 24 heavy (non-hydrogen) atoms. The molecule has 3 nitrogen and oxygen atoms in total. The molecule has 1 atom stereocenters. The van der Waals surface area contributed by atoms with Crippen molar-refractivity contribution in [1.82, 2.24) is 4.98 Å². The molecule has 1 aromatic carbocycles. The molecule has 2 N–H and O–H groups in total. The van der Waals surface area contributed by atoms with Gasteiger partial charge in [-0.1, -0.05) is 18.2 Å². The lowest BCUT2D eigenvalue weighted by molar-refractivity contribution is -0.141. The largest absolute Gasteiger partial charge is 0.435 e. The van der Waals surface area contributed by atoms with Gasteiger partial charge in [-0.3, -0.25) is 4.98 Å². The molecular formula is C16H15F5N2O. The predicted octanol–water partition coefficient (Wildman–Crippen LogP) is 4.33. The molecule has 0 amide bonds. The first kappa shape index (κ1) is 18.1. The van der Waals surface area contributed by atoms with Gasteiger partial charge in [0.1, 0.15) is 11.4 Å². The SMILES string of the molecule is NC(CCc1ccc(C(F)(F)F)nc1)c1cccc(OC(F)F)c1. The summed E-state index contributed by atoms with van der Waals surface area (Å²) in [5.74, 6) is 0.00847. The van der Waals surface area contributed by atoms with E-state index >= 15 is 0 Å². The van der Waals surface area contributed by atoms with Crippen LogP contribution in [-0.4, -0.2) is 11.6 Å². The van der Waals surface area contributed by atoms with Crippen molar-refractivity contribution < 1.29 is 26.7 Å². The number of nitrogens with two attached hydrogens (primary N) is 1. The van der Waals surface area contributed by atoms with Crippen LogP contribution < -0.4 is 10.5 Å². The third kappa shape index (κ3) is 5.16. The highest BCUT2D eigenvalue weighted by molar-refractivity contribution is 5.30. The lowest BCUT2D eigenvalue weighted by Gasteiger charge is -2.14. The first-order chi connectivity index (χ1) is 11.3. The van der Waals surface area contributed by atoms with Gasteiger partial charge in [-0.15, -0.1) is 0 Å². The van der Waals surface area contributed by atoms with Crippen LogP contribution in [-0.2, 0) is 12.6 Å². The highest BCUT2D eigenvalue weighted by Crippen LogP contribution is 2.28. The van der Waals surface area contributed by atoms with Gasteiger partial charge in [-0.05, 0) is 42.2 Å². The van der Waals surface area contributed by atoms with Crippen LogP contribution in [0.25, 0.3) is 0 Å². The Kier molecular flexibility index (Phi) is 5.71. The summed E-state index contributed by atoms with van der Waals surface area (Å²) in [6.45, 7) is -2.92. The Morgan fingerprint density at radius 2 is 1.88 bits per heavy atom. The Morgan fingerprint density at radius 1 is 1.12 bits per heavy atom. The van der Waals surface area contributed by atoms with Gasteiger partial charge in [0.05, 0.1) is 0 Å². The third-order valence-corrected chi connectivity index (χ3v) is 3.37. The molecule has 1 unspecified atom stereocenters. The van der Waals surface area contributed by atoms with Gasteiger partial charge in [0, 0.05) is 12.2 Å². The number of pyridine rings is 1. The Morgan fingerprint density at radius 3 is 2.46 bits per heavy atom. The Balaban J connectivity index is 1.96. The molecule has 8 heteroatoms. The van der Waals surface area contributed by atoms with Crippen molar-refractivity contribution in [3.63, 3.8) is 0 Å². The standard InChI is InChI=1S/C16H15F5N2O/c17-15(18)24-12-3-1-2-11(8-12)13(22)6-4-10-5-7-14(23-9-10)16(19,20)21/h1-3,5,7-9,13,15H,4,6,22H2. The molecule has 0 fully saturated rings. The molecule has 0 saturated carbocycles. The van der Waals surface area contributed by atoms with E-state index in [1.54, 1.807) is 12.1 Å². The summed E-state index contributed by atoms with van der Waals surface area (Å²) in [5.41, 5.74) is 6.26. The second kappa shape index (κ2) is 7.57. The molecule has 1 aromatic heterocycles. The van der Waals surface area contributed by atoms with Gasteiger partial charge in [0.15, 0.2) is 0 Å². The van der Waals surface area contributed by atoms with Crippen LogP contribution >= 0.6 is 0 Å². The average molecular weight is 346 g/mol. The maximum absolute atomic E-state index is 12.4. The van der Waals surface area contributed by atoms with Crippen molar-refractivity contribution in [2.45, 2.75) is 31.7 Å². The van der Waals surface area contributed by atoms with Crippen LogP contribution in [0.4, 0.5) is 22.0 Å². The van der Waals surface area contributed by atoms with Crippen molar-refractivity contribution in [3.8, 4) is 5.75 Å². The number of rotatable bonds is 6. The van der Waals surface area contributed by atoms with E-state index in [0.29, 0.717) is 24.0 Å². The van der Waals surface area contributed by atoms with E-state index < -0.39 is 24.5 Å². The molecule has 0 radical (unpaired) electrons. The molecule has 0 aliphatic heterocycles. The van der Waals surface area contributed by atoms with Gasteiger partial charge in [-0.25, -0.2) is 0 Å². The zero-order valence-electron chi connectivity index (χ0n) is 12.4. The highest BCUT2D eigenvalue weighted by atomic mass is 19.4. The van der Waals surface area contributed by atoms with Gasteiger partial charge in [-0.2, -0.15) is 22.0 Å². The summed E-state index contributed by atoms with van der Waals surface area (Å²) < 4.78 is 66.0. The van der Waals surface area contributed by atoms with E-state index in [1.165, 1.54) is 18.2 Å². The second-order valence-corrected chi connectivity index (χ2v) is 5.15. The summed E-state index contributed by atoms with van der Waals surface area (Å²) >= 11 is 0. The maximum Gasteiger partial charge on any atom is 0.433 e. The Hall–Kier alpha value is -2.22. The monoisotopic (exact) mass is 346 g/mol. The summed E-state index contributed by atoms with van der Waals surface area (Å²) in [6, 6.07) is 7.83. The fourth-order valence-electron chi connectivity index (χ4n) is 2.15. The predicted molar refractivity (Wildman–Crippen MR) is 77.6 cm³/mol. The lowest BCUT2D eigenvalue weighted by Crippen LogP contribution is -2.12. The molecule has 2 rings (SSSR count). The second-order valence-electron chi connectivity index (χ2n) is 5.15. The molecule has 0 aliphatic carbocycles. The zero-order chi connectivity index (χ0) is 17.7. The molecule has 0 aliphatic rings. The minimum absolute atomic E-state index is 0.00847. The van der Waals surface area contributed by atoms with Crippen LogP contribution in [0.5, 0.6) is 5.75 Å². The summed E-state index contributed by atoms with van der Waals surface area (Å²) in [7, 11) is 0. The average Bonchev–Trinajstić information content (AvgIpc) is 2.52. The molecule has 130 valence electrons. The molecular weight excluding hydrogens is 331 g/mol. The minimum Gasteiger partial charge on any atom is -0.435 e. The quantitative estimate of drug-likeness (QED) is 0.792. The number of aryl methyl sites for hydroxylation is 1. The van der Waals surface area contributed by atoms with E-state index in [0.717, 1.165) is 12.3 Å². The van der Waals surface area contributed by atoms with E-state index in [2.05, 4.69) is 9.72 Å².